The Labute approximate surface area is 120 Å². The molecule has 3 rings (SSSR count). The van der Waals surface area contributed by atoms with Crippen LogP contribution in [0.2, 0.25) is 0 Å². The maximum absolute atomic E-state index is 10.7. The molecule has 0 bridgehead atoms. The summed E-state index contributed by atoms with van der Waals surface area (Å²) in [6.07, 6.45) is 5.43. The third-order valence-corrected chi connectivity index (χ3v) is 6.28. The van der Waals surface area contributed by atoms with Gasteiger partial charge in [-0.3, -0.25) is 0 Å². The number of aliphatic hydroxyl groups is 1. The smallest absolute Gasteiger partial charge is 0.0701 e. The fourth-order valence-electron chi connectivity index (χ4n) is 4.00. The predicted molar refractivity (Wildman–Crippen MR) is 77.5 cm³/mol. The summed E-state index contributed by atoms with van der Waals surface area (Å²) in [5, 5.41) is 10.7. The first-order chi connectivity index (χ1) is 9.20. The van der Waals surface area contributed by atoms with Gasteiger partial charge in [0.1, 0.15) is 0 Å². The van der Waals surface area contributed by atoms with Gasteiger partial charge in [0, 0.05) is 19.1 Å². The predicted octanol–water partition coefficient (Wildman–Crippen LogP) is 2.46. The number of thioether (sulfide) groups is 1. The molecule has 4 unspecified atom stereocenters. The maximum Gasteiger partial charge on any atom is 0.0701 e. The van der Waals surface area contributed by atoms with E-state index >= 15 is 0 Å². The quantitative estimate of drug-likeness (QED) is 0.846. The van der Waals surface area contributed by atoms with Crippen molar-refractivity contribution < 1.29 is 14.6 Å². The van der Waals surface area contributed by atoms with Gasteiger partial charge in [-0.25, -0.2) is 0 Å². The number of hydrogen-bond acceptors (Lipinski definition) is 4. The van der Waals surface area contributed by atoms with Gasteiger partial charge in [0.25, 0.3) is 0 Å². The van der Waals surface area contributed by atoms with Crippen LogP contribution in [0, 0.1) is 11.8 Å². The molecule has 4 heteroatoms. The van der Waals surface area contributed by atoms with Crippen molar-refractivity contribution in [3.05, 3.63) is 0 Å². The van der Waals surface area contributed by atoms with Crippen molar-refractivity contribution in [2.24, 2.45) is 11.8 Å². The molecule has 3 heterocycles. The molecule has 0 aromatic rings. The van der Waals surface area contributed by atoms with E-state index < -0.39 is 0 Å². The molecule has 110 valence electrons. The Morgan fingerprint density at radius 2 is 2.00 bits per heavy atom. The Kier molecular flexibility index (Phi) is 4.42. The minimum atomic E-state index is -0.201. The van der Waals surface area contributed by atoms with Gasteiger partial charge in [-0.15, -0.1) is 0 Å². The SMILES string of the molecule is CC1OCCC1C(O)C1CCOC2(CCSCC2)C1. The standard InChI is InChI=1S/C15H26O3S/c1-11-13(3-6-17-11)14(16)12-2-7-18-15(10-12)4-8-19-9-5-15/h11-14,16H,2-10H2,1H3. The monoisotopic (exact) mass is 286 g/mol. The van der Waals surface area contributed by atoms with Crippen LogP contribution in [0.25, 0.3) is 0 Å². The third kappa shape index (κ3) is 2.97. The van der Waals surface area contributed by atoms with Crippen molar-refractivity contribution in [3.8, 4) is 0 Å². The summed E-state index contributed by atoms with van der Waals surface area (Å²) >= 11 is 2.04. The molecule has 3 fully saturated rings. The highest BCUT2D eigenvalue weighted by Crippen LogP contribution is 2.42. The number of hydrogen-bond donors (Lipinski definition) is 1. The summed E-state index contributed by atoms with van der Waals surface area (Å²) < 4.78 is 11.7. The Morgan fingerprint density at radius 3 is 2.68 bits per heavy atom. The van der Waals surface area contributed by atoms with Crippen LogP contribution in [0.1, 0.15) is 39.0 Å². The fraction of sp³-hybridized carbons (Fsp3) is 1.00. The molecule has 0 saturated carbocycles. The van der Waals surface area contributed by atoms with Crippen LogP contribution in [0.4, 0.5) is 0 Å². The average Bonchev–Trinajstić information content (AvgIpc) is 2.85. The average molecular weight is 286 g/mol. The minimum Gasteiger partial charge on any atom is -0.392 e. The van der Waals surface area contributed by atoms with E-state index in [1.807, 2.05) is 11.8 Å². The molecule has 0 aromatic heterocycles. The molecule has 3 aliphatic heterocycles. The van der Waals surface area contributed by atoms with E-state index in [-0.39, 0.29) is 17.8 Å². The van der Waals surface area contributed by atoms with Gasteiger partial charge in [-0.2, -0.15) is 11.8 Å². The number of ether oxygens (including phenoxy) is 2. The molecule has 3 saturated heterocycles. The Morgan fingerprint density at radius 1 is 1.21 bits per heavy atom. The first kappa shape index (κ1) is 14.2. The van der Waals surface area contributed by atoms with Gasteiger partial charge < -0.3 is 14.6 Å². The van der Waals surface area contributed by atoms with Crippen LogP contribution >= 0.6 is 11.8 Å². The lowest BCUT2D eigenvalue weighted by atomic mass is 9.75. The molecule has 0 aromatic carbocycles. The highest BCUT2D eigenvalue weighted by Gasteiger charge is 2.43. The second-order valence-corrected chi connectivity index (χ2v) is 7.64. The Hall–Kier alpha value is 0.230. The summed E-state index contributed by atoms with van der Waals surface area (Å²) in [6.45, 7) is 3.75. The van der Waals surface area contributed by atoms with Crippen molar-refractivity contribution in [1.29, 1.82) is 0 Å². The molecule has 0 aliphatic carbocycles. The molecular formula is C15H26O3S. The molecule has 0 radical (unpaired) electrons. The molecule has 1 N–H and O–H groups in total. The zero-order valence-electron chi connectivity index (χ0n) is 11.8. The zero-order chi connectivity index (χ0) is 13.3. The van der Waals surface area contributed by atoms with Gasteiger partial charge in [-0.05, 0) is 56.5 Å². The van der Waals surface area contributed by atoms with Crippen LogP contribution in [-0.4, -0.2) is 47.6 Å². The highest BCUT2D eigenvalue weighted by atomic mass is 32.2. The van der Waals surface area contributed by atoms with E-state index in [4.69, 9.17) is 9.47 Å². The van der Waals surface area contributed by atoms with Crippen molar-refractivity contribution in [1.82, 2.24) is 0 Å². The molecule has 3 aliphatic rings. The number of aliphatic hydroxyl groups excluding tert-OH is 1. The van der Waals surface area contributed by atoms with Gasteiger partial charge >= 0.3 is 0 Å². The van der Waals surface area contributed by atoms with Crippen LogP contribution in [0.3, 0.4) is 0 Å². The van der Waals surface area contributed by atoms with E-state index in [0.29, 0.717) is 11.8 Å². The summed E-state index contributed by atoms with van der Waals surface area (Å²) in [4.78, 5) is 0. The van der Waals surface area contributed by atoms with E-state index in [0.717, 1.165) is 45.3 Å². The van der Waals surface area contributed by atoms with E-state index in [1.54, 1.807) is 0 Å². The van der Waals surface area contributed by atoms with E-state index in [9.17, 15) is 5.11 Å². The van der Waals surface area contributed by atoms with Crippen LogP contribution in [0.15, 0.2) is 0 Å². The van der Waals surface area contributed by atoms with Crippen molar-refractivity contribution >= 4 is 11.8 Å². The normalized spacial score (nSPS) is 40.4. The van der Waals surface area contributed by atoms with Crippen molar-refractivity contribution in [2.75, 3.05) is 24.7 Å². The Bertz CT molecular complexity index is 298. The van der Waals surface area contributed by atoms with Crippen molar-refractivity contribution in [2.45, 2.75) is 56.8 Å². The molecule has 4 atom stereocenters. The summed E-state index contributed by atoms with van der Waals surface area (Å²) in [5.74, 6) is 3.17. The lowest BCUT2D eigenvalue weighted by Crippen LogP contribution is -2.47. The largest absolute Gasteiger partial charge is 0.392 e. The summed E-state index contributed by atoms with van der Waals surface area (Å²) in [7, 11) is 0. The fourth-order valence-corrected chi connectivity index (χ4v) is 5.23. The third-order valence-electron chi connectivity index (χ3n) is 5.29. The molecule has 3 nitrogen and oxygen atoms in total. The first-order valence-corrected chi connectivity index (χ1v) is 8.87. The highest BCUT2D eigenvalue weighted by molar-refractivity contribution is 7.99. The lowest BCUT2D eigenvalue weighted by Gasteiger charge is -2.45. The lowest BCUT2D eigenvalue weighted by molar-refractivity contribution is -0.129. The first-order valence-electron chi connectivity index (χ1n) is 7.72. The zero-order valence-corrected chi connectivity index (χ0v) is 12.7. The molecule has 19 heavy (non-hydrogen) atoms. The topological polar surface area (TPSA) is 38.7 Å². The Balaban J connectivity index is 1.64. The van der Waals surface area contributed by atoms with Gasteiger partial charge in [0.15, 0.2) is 0 Å². The summed E-state index contributed by atoms with van der Waals surface area (Å²) in [6, 6.07) is 0. The van der Waals surface area contributed by atoms with Gasteiger partial charge in [0.05, 0.1) is 17.8 Å². The second-order valence-electron chi connectivity index (χ2n) is 6.42. The minimum absolute atomic E-state index is 0.0812. The molecule has 1 spiro atoms. The number of rotatable bonds is 2. The van der Waals surface area contributed by atoms with E-state index in [1.165, 1.54) is 11.5 Å². The van der Waals surface area contributed by atoms with Crippen molar-refractivity contribution in [3.63, 3.8) is 0 Å². The van der Waals surface area contributed by atoms with Crippen LogP contribution in [0.5, 0.6) is 0 Å². The maximum atomic E-state index is 10.7. The van der Waals surface area contributed by atoms with E-state index in [2.05, 4.69) is 6.92 Å². The second kappa shape index (κ2) is 5.92. The molecule has 0 amide bonds. The van der Waals surface area contributed by atoms with Crippen LogP contribution < -0.4 is 0 Å². The summed E-state index contributed by atoms with van der Waals surface area (Å²) in [5.41, 5.74) is 0.0812. The molecular weight excluding hydrogens is 260 g/mol. The van der Waals surface area contributed by atoms with Crippen LogP contribution in [-0.2, 0) is 9.47 Å². The van der Waals surface area contributed by atoms with Gasteiger partial charge in [-0.1, -0.05) is 0 Å². The van der Waals surface area contributed by atoms with Gasteiger partial charge in [0.2, 0.25) is 0 Å².